The first kappa shape index (κ1) is 17.3. The van der Waals surface area contributed by atoms with Gasteiger partial charge < -0.3 is 10.5 Å². The predicted molar refractivity (Wildman–Crippen MR) is 97.1 cm³/mol. The predicted octanol–water partition coefficient (Wildman–Crippen LogP) is 2.76. The fourth-order valence-electron chi connectivity index (χ4n) is 2.67. The summed E-state index contributed by atoms with van der Waals surface area (Å²) in [5.41, 5.74) is 7.05. The molecule has 0 bridgehead atoms. The molecule has 0 spiro atoms. The lowest BCUT2D eigenvalue weighted by Crippen LogP contribution is -2.22. The summed E-state index contributed by atoms with van der Waals surface area (Å²) in [6.45, 7) is 2.34. The Bertz CT molecular complexity index is 905. The van der Waals surface area contributed by atoms with Crippen molar-refractivity contribution in [2.45, 2.75) is 25.0 Å². The molecule has 132 valence electrons. The Morgan fingerprint density at radius 1 is 1.16 bits per heavy atom. The fraction of sp³-hybridized carbons (Fsp3) is 0.278. The largest absolute Gasteiger partial charge is 0.493 e. The molecule has 1 aliphatic carbocycles. The van der Waals surface area contributed by atoms with Gasteiger partial charge in [-0.1, -0.05) is 30.3 Å². The van der Waals surface area contributed by atoms with Crippen molar-refractivity contribution in [2.24, 2.45) is 5.73 Å². The third-order valence-corrected chi connectivity index (χ3v) is 5.85. The number of rotatable bonds is 7. The van der Waals surface area contributed by atoms with Crippen molar-refractivity contribution in [3.63, 3.8) is 0 Å². The number of nitrogens with one attached hydrogen (secondary N) is 1. The summed E-state index contributed by atoms with van der Waals surface area (Å²) in [5.74, 6) is -0.0808. The van der Waals surface area contributed by atoms with E-state index in [1.54, 1.807) is 18.2 Å². The molecule has 25 heavy (non-hydrogen) atoms. The highest BCUT2D eigenvalue weighted by Crippen LogP contribution is 2.39. The van der Waals surface area contributed by atoms with Crippen LogP contribution in [0.2, 0.25) is 0 Å². The smallest absolute Gasteiger partial charge is 0.250 e. The van der Waals surface area contributed by atoms with E-state index in [-0.39, 0.29) is 11.3 Å². The summed E-state index contributed by atoms with van der Waals surface area (Å²) >= 11 is 0. The maximum atomic E-state index is 12.4. The van der Waals surface area contributed by atoms with Gasteiger partial charge in [-0.2, -0.15) is 0 Å². The summed E-state index contributed by atoms with van der Waals surface area (Å²) in [6.07, 6.45) is 1.25. The Hall–Kier alpha value is -2.54. The Labute approximate surface area is 147 Å². The van der Waals surface area contributed by atoms with Crippen molar-refractivity contribution < 1.29 is 17.9 Å². The molecule has 3 N–H and O–H groups in total. The zero-order valence-electron chi connectivity index (χ0n) is 13.9. The summed E-state index contributed by atoms with van der Waals surface area (Å²) in [7, 11) is -3.55. The van der Waals surface area contributed by atoms with Crippen LogP contribution in [-0.2, 0) is 10.0 Å². The standard InChI is InChI=1S/C18H20N2O4S/c1-2-24-16-9-4-3-6-13(16)14-7-5-8-15(18(19)21)17(14)20-25(22,23)12-10-11-12/h3-9,12,20H,2,10-11H2,1H3,(H2,19,21). The molecule has 2 aromatic rings. The van der Waals surface area contributed by atoms with Crippen LogP contribution in [-0.4, -0.2) is 26.2 Å². The minimum atomic E-state index is -3.55. The molecule has 0 aromatic heterocycles. The summed E-state index contributed by atoms with van der Waals surface area (Å²) in [6, 6.07) is 12.2. The molecule has 1 aliphatic rings. The van der Waals surface area contributed by atoms with Gasteiger partial charge in [-0.05, 0) is 31.9 Å². The summed E-state index contributed by atoms with van der Waals surface area (Å²) < 4.78 is 33.1. The van der Waals surface area contributed by atoms with Gasteiger partial charge in [-0.3, -0.25) is 9.52 Å². The normalized spacial score (nSPS) is 14.1. The van der Waals surface area contributed by atoms with Crippen LogP contribution in [0, 0.1) is 0 Å². The Balaban J connectivity index is 2.17. The van der Waals surface area contributed by atoms with Gasteiger partial charge in [0.2, 0.25) is 10.0 Å². The number of amides is 1. The van der Waals surface area contributed by atoms with Crippen LogP contribution in [0.3, 0.4) is 0 Å². The van der Waals surface area contributed by atoms with Gasteiger partial charge in [0.05, 0.1) is 23.1 Å². The van der Waals surface area contributed by atoms with Gasteiger partial charge in [-0.25, -0.2) is 8.42 Å². The van der Waals surface area contributed by atoms with E-state index in [2.05, 4.69) is 4.72 Å². The van der Waals surface area contributed by atoms with Crippen LogP contribution in [0.5, 0.6) is 5.75 Å². The number of para-hydroxylation sites is 2. The first-order valence-corrected chi connectivity index (χ1v) is 9.65. The van der Waals surface area contributed by atoms with Crippen LogP contribution in [0.1, 0.15) is 30.1 Å². The lowest BCUT2D eigenvalue weighted by molar-refractivity contribution is 0.100. The van der Waals surface area contributed by atoms with Crippen molar-refractivity contribution in [2.75, 3.05) is 11.3 Å². The number of ether oxygens (including phenoxy) is 1. The molecule has 0 unspecified atom stereocenters. The molecule has 3 rings (SSSR count). The minimum Gasteiger partial charge on any atom is -0.493 e. The molecule has 0 saturated heterocycles. The molecule has 1 fully saturated rings. The zero-order chi connectivity index (χ0) is 18.0. The number of primary amides is 1. The molecule has 2 aromatic carbocycles. The SMILES string of the molecule is CCOc1ccccc1-c1cccc(C(N)=O)c1NS(=O)(=O)C1CC1. The van der Waals surface area contributed by atoms with Gasteiger partial charge >= 0.3 is 0 Å². The van der Waals surface area contributed by atoms with Crippen LogP contribution in [0.25, 0.3) is 11.1 Å². The van der Waals surface area contributed by atoms with Gasteiger partial charge in [0.1, 0.15) is 5.75 Å². The van der Waals surface area contributed by atoms with Crippen LogP contribution in [0.4, 0.5) is 5.69 Å². The van der Waals surface area contributed by atoms with Crippen molar-refractivity contribution >= 4 is 21.6 Å². The number of hydrogen-bond donors (Lipinski definition) is 2. The molecular formula is C18H20N2O4S. The first-order valence-electron chi connectivity index (χ1n) is 8.10. The number of carbonyl (C=O) groups is 1. The number of hydrogen-bond acceptors (Lipinski definition) is 4. The third kappa shape index (κ3) is 3.61. The van der Waals surface area contributed by atoms with Crippen LogP contribution < -0.4 is 15.2 Å². The molecule has 0 atom stereocenters. The van der Waals surface area contributed by atoms with E-state index in [0.29, 0.717) is 36.3 Å². The second-order valence-corrected chi connectivity index (χ2v) is 7.83. The van der Waals surface area contributed by atoms with E-state index in [9.17, 15) is 13.2 Å². The molecule has 1 saturated carbocycles. The number of sulfonamides is 1. The number of carbonyl (C=O) groups excluding carboxylic acids is 1. The van der Waals surface area contributed by atoms with Crippen LogP contribution in [0.15, 0.2) is 42.5 Å². The lowest BCUT2D eigenvalue weighted by Gasteiger charge is -2.17. The van der Waals surface area contributed by atoms with Crippen molar-refractivity contribution in [3.05, 3.63) is 48.0 Å². The summed E-state index contributed by atoms with van der Waals surface area (Å²) in [5, 5.41) is -0.414. The van der Waals surface area contributed by atoms with E-state index in [1.807, 2.05) is 25.1 Å². The van der Waals surface area contributed by atoms with Gasteiger partial charge in [-0.15, -0.1) is 0 Å². The van der Waals surface area contributed by atoms with Crippen molar-refractivity contribution in [1.29, 1.82) is 0 Å². The van der Waals surface area contributed by atoms with E-state index in [4.69, 9.17) is 10.5 Å². The van der Waals surface area contributed by atoms with Crippen LogP contribution >= 0.6 is 0 Å². The highest BCUT2D eigenvalue weighted by atomic mass is 32.2. The lowest BCUT2D eigenvalue weighted by atomic mass is 9.99. The zero-order valence-corrected chi connectivity index (χ0v) is 14.7. The third-order valence-electron chi connectivity index (χ3n) is 4.01. The molecule has 0 aliphatic heterocycles. The number of benzene rings is 2. The van der Waals surface area contributed by atoms with Gasteiger partial charge in [0.25, 0.3) is 5.91 Å². The highest BCUT2D eigenvalue weighted by Gasteiger charge is 2.36. The van der Waals surface area contributed by atoms with E-state index >= 15 is 0 Å². The molecule has 6 nitrogen and oxygen atoms in total. The quantitative estimate of drug-likeness (QED) is 0.793. The summed E-state index contributed by atoms with van der Waals surface area (Å²) in [4.78, 5) is 11.8. The molecular weight excluding hydrogens is 340 g/mol. The second-order valence-electron chi connectivity index (χ2n) is 5.87. The maximum absolute atomic E-state index is 12.4. The topological polar surface area (TPSA) is 98.5 Å². The van der Waals surface area contributed by atoms with Crippen molar-refractivity contribution in [3.8, 4) is 16.9 Å². The Kier molecular flexibility index (Phi) is 4.67. The van der Waals surface area contributed by atoms with Crippen molar-refractivity contribution in [1.82, 2.24) is 0 Å². The van der Waals surface area contributed by atoms with Gasteiger partial charge in [0, 0.05) is 11.1 Å². The average molecular weight is 360 g/mol. The molecule has 1 amide bonds. The van der Waals surface area contributed by atoms with E-state index in [1.165, 1.54) is 6.07 Å². The van der Waals surface area contributed by atoms with Gasteiger partial charge in [0.15, 0.2) is 0 Å². The Morgan fingerprint density at radius 3 is 2.48 bits per heavy atom. The number of anilines is 1. The number of nitrogens with two attached hydrogens (primary N) is 1. The van der Waals surface area contributed by atoms with E-state index in [0.717, 1.165) is 0 Å². The maximum Gasteiger partial charge on any atom is 0.250 e. The average Bonchev–Trinajstić information content (AvgIpc) is 3.41. The van der Waals surface area contributed by atoms with E-state index < -0.39 is 21.2 Å². The Morgan fingerprint density at radius 2 is 1.84 bits per heavy atom. The highest BCUT2D eigenvalue weighted by molar-refractivity contribution is 7.93. The molecule has 0 heterocycles. The monoisotopic (exact) mass is 360 g/mol. The fourth-order valence-corrected chi connectivity index (χ4v) is 4.09. The second kappa shape index (κ2) is 6.76. The molecule has 0 radical (unpaired) electrons. The minimum absolute atomic E-state index is 0.132. The molecule has 7 heteroatoms. The first-order chi connectivity index (χ1) is 11.9.